The molecule has 0 fully saturated rings. The molecule has 1 amide bonds. The lowest BCUT2D eigenvalue weighted by Gasteiger charge is -2.30. The van der Waals surface area contributed by atoms with Crippen molar-refractivity contribution >= 4 is 15.7 Å². The van der Waals surface area contributed by atoms with Crippen LogP contribution >= 0.6 is 0 Å². The molecule has 0 radical (unpaired) electrons. The van der Waals surface area contributed by atoms with Crippen LogP contribution in [0.1, 0.15) is 38.8 Å². The molecular formula is C18H27N3O3S. The maximum Gasteiger partial charge on any atom is 0.235 e. The summed E-state index contributed by atoms with van der Waals surface area (Å²) >= 11 is 0. The lowest BCUT2D eigenvalue weighted by molar-refractivity contribution is -0.118. The quantitative estimate of drug-likeness (QED) is 0.719. The Kier molecular flexibility index (Phi) is 8.07. The zero-order chi connectivity index (χ0) is 19.0. The molecule has 1 N–H and O–H groups in total. The monoisotopic (exact) mass is 365 g/mol. The van der Waals surface area contributed by atoms with Gasteiger partial charge in [-0.2, -0.15) is 5.26 Å². The summed E-state index contributed by atoms with van der Waals surface area (Å²) < 4.78 is 24.3. The van der Waals surface area contributed by atoms with E-state index in [2.05, 4.69) is 37.9 Å². The van der Waals surface area contributed by atoms with E-state index >= 15 is 0 Å². The summed E-state index contributed by atoms with van der Waals surface area (Å²) in [5.41, 5.74) is 1.04. The third kappa shape index (κ3) is 7.67. The van der Waals surface area contributed by atoms with E-state index in [9.17, 15) is 13.2 Å². The Bertz CT molecular complexity index is 696. The summed E-state index contributed by atoms with van der Waals surface area (Å²) in [5, 5.41) is 11.4. The number of carbonyl (C=O) groups is 1. The van der Waals surface area contributed by atoms with Crippen LogP contribution in [0.15, 0.2) is 24.3 Å². The molecular weight excluding hydrogens is 338 g/mol. The van der Waals surface area contributed by atoms with E-state index in [1.54, 1.807) is 24.3 Å². The number of rotatable bonds is 9. The van der Waals surface area contributed by atoms with Gasteiger partial charge in [0.1, 0.15) is 5.75 Å². The first-order valence-corrected chi connectivity index (χ1v) is 10.2. The zero-order valence-electron chi connectivity index (χ0n) is 15.3. The number of nitrogens with zero attached hydrogens (tertiary/aromatic N) is 2. The van der Waals surface area contributed by atoms with Crippen LogP contribution < -0.4 is 5.32 Å². The van der Waals surface area contributed by atoms with E-state index in [1.165, 1.54) is 0 Å². The minimum atomic E-state index is -3.55. The summed E-state index contributed by atoms with van der Waals surface area (Å²) in [6.07, 6.45) is 0. The molecule has 0 atom stereocenters. The first kappa shape index (κ1) is 21.1. The predicted molar refractivity (Wildman–Crippen MR) is 98.6 cm³/mol. The van der Waals surface area contributed by atoms with Gasteiger partial charge in [-0.25, -0.2) is 8.42 Å². The number of sulfone groups is 1. The average Bonchev–Trinajstić information content (AvgIpc) is 2.50. The molecule has 0 bridgehead atoms. The number of hydrogen-bond donors (Lipinski definition) is 1. The van der Waals surface area contributed by atoms with Crippen molar-refractivity contribution in [2.24, 2.45) is 0 Å². The van der Waals surface area contributed by atoms with Crippen molar-refractivity contribution in [3.05, 3.63) is 35.4 Å². The molecule has 138 valence electrons. The first-order chi connectivity index (χ1) is 11.6. The highest BCUT2D eigenvalue weighted by molar-refractivity contribution is 7.91. The van der Waals surface area contributed by atoms with Crippen LogP contribution in [0.5, 0.6) is 0 Å². The Morgan fingerprint density at radius 2 is 1.72 bits per heavy atom. The van der Waals surface area contributed by atoms with Crippen molar-refractivity contribution in [3.8, 4) is 6.07 Å². The van der Waals surface area contributed by atoms with Crippen LogP contribution in [-0.2, 0) is 20.4 Å². The van der Waals surface area contributed by atoms with E-state index in [-0.39, 0.29) is 5.75 Å². The summed E-state index contributed by atoms with van der Waals surface area (Å²) in [7, 11) is -3.55. The molecule has 0 heterocycles. The van der Waals surface area contributed by atoms with Gasteiger partial charge in [-0.1, -0.05) is 12.1 Å². The number of nitriles is 1. The van der Waals surface area contributed by atoms with Gasteiger partial charge in [0.25, 0.3) is 0 Å². The van der Waals surface area contributed by atoms with Crippen molar-refractivity contribution in [1.29, 1.82) is 5.26 Å². The molecule has 1 aromatic carbocycles. The molecule has 1 rings (SSSR count). The Hall–Kier alpha value is -1.91. The molecule has 1 aromatic rings. The van der Waals surface area contributed by atoms with E-state index in [0.29, 0.717) is 36.3 Å². The van der Waals surface area contributed by atoms with Gasteiger partial charge in [0, 0.05) is 25.2 Å². The fourth-order valence-corrected chi connectivity index (χ4v) is 3.97. The van der Waals surface area contributed by atoms with Gasteiger partial charge in [-0.3, -0.25) is 9.69 Å². The van der Waals surface area contributed by atoms with Gasteiger partial charge in [0.05, 0.1) is 17.4 Å². The minimum absolute atomic E-state index is 0.212. The Labute approximate surface area is 150 Å². The lowest BCUT2D eigenvalue weighted by atomic mass is 10.2. The number of benzene rings is 1. The van der Waals surface area contributed by atoms with Gasteiger partial charge < -0.3 is 5.32 Å². The fraction of sp³-hybridized carbons (Fsp3) is 0.556. The molecule has 0 aliphatic rings. The maximum absolute atomic E-state index is 12.1. The van der Waals surface area contributed by atoms with Gasteiger partial charge in [0.15, 0.2) is 9.84 Å². The smallest absolute Gasteiger partial charge is 0.235 e. The Morgan fingerprint density at radius 1 is 1.16 bits per heavy atom. The number of amides is 1. The van der Waals surface area contributed by atoms with E-state index in [4.69, 9.17) is 5.26 Å². The van der Waals surface area contributed by atoms with E-state index in [0.717, 1.165) is 0 Å². The average molecular weight is 365 g/mol. The van der Waals surface area contributed by atoms with Crippen LogP contribution in [-0.4, -0.2) is 50.2 Å². The van der Waals surface area contributed by atoms with E-state index in [1.807, 2.05) is 6.07 Å². The SMILES string of the molecule is CC(C)N(CCNC(=O)CS(=O)(=O)Cc1ccc(C#N)cc1)C(C)C. The lowest BCUT2D eigenvalue weighted by Crippen LogP contribution is -2.43. The largest absolute Gasteiger partial charge is 0.354 e. The summed E-state index contributed by atoms with van der Waals surface area (Å²) in [6, 6.07) is 9.02. The predicted octanol–water partition coefficient (Wildman–Crippen LogP) is 1.71. The van der Waals surface area contributed by atoms with E-state index < -0.39 is 21.5 Å². The highest BCUT2D eigenvalue weighted by atomic mass is 32.2. The van der Waals surface area contributed by atoms with Crippen molar-refractivity contribution in [1.82, 2.24) is 10.2 Å². The normalized spacial score (nSPS) is 11.8. The van der Waals surface area contributed by atoms with Crippen LogP contribution in [0, 0.1) is 11.3 Å². The molecule has 6 nitrogen and oxygen atoms in total. The van der Waals surface area contributed by atoms with Crippen molar-refractivity contribution in [2.75, 3.05) is 18.8 Å². The highest BCUT2D eigenvalue weighted by Crippen LogP contribution is 2.09. The number of nitrogens with one attached hydrogen (secondary N) is 1. The molecule has 0 spiro atoms. The Morgan fingerprint density at radius 3 is 2.20 bits per heavy atom. The van der Waals surface area contributed by atoms with Crippen molar-refractivity contribution in [2.45, 2.75) is 45.5 Å². The maximum atomic E-state index is 12.1. The third-order valence-corrected chi connectivity index (χ3v) is 5.31. The zero-order valence-corrected chi connectivity index (χ0v) is 16.1. The highest BCUT2D eigenvalue weighted by Gasteiger charge is 2.18. The fourth-order valence-electron chi connectivity index (χ4n) is 2.67. The first-order valence-electron chi connectivity index (χ1n) is 8.36. The Balaban J connectivity index is 2.50. The van der Waals surface area contributed by atoms with Gasteiger partial charge >= 0.3 is 0 Å². The van der Waals surface area contributed by atoms with Gasteiger partial charge in [-0.05, 0) is 45.4 Å². The van der Waals surface area contributed by atoms with Crippen LogP contribution in [0.3, 0.4) is 0 Å². The van der Waals surface area contributed by atoms with Crippen LogP contribution in [0.4, 0.5) is 0 Å². The summed E-state index contributed by atoms with van der Waals surface area (Å²) in [5.74, 6) is -1.23. The van der Waals surface area contributed by atoms with Crippen molar-refractivity contribution < 1.29 is 13.2 Å². The third-order valence-electron chi connectivity index (χ3n) is 3.84. The second-order valence-electron chi connectivity index (χ2n) is 6.62. The summed E-state index contributed by atoms with van der Waals surface area (Å²) in [4.78, 5) is 14.1. The molecule has 0 unspecified atom stereocenters. The van der Waals surface area contributed by atoms with Crippen molar-refractivity contribution in [3.63, 3.8) is 0 Å². The molecule has 0 saturated carbocycles. The molecule has 0 aromatic heterocycles. The topological polar surface area (TPSA) is 90.3 Å². The number of carbonyl (C=O) groups excluding carboxylic acids is 1. The second kappa shape index (κ2) is 9.54. The standard InChI is InChI=1S/C18H27N3O3S/c1-14(2)21(15(3)4)10-9-20-18(22)13-25(23,24)12-17-7-5-16(11-19)6-8-17/h5-8,14-15H,9-10,12-13H2,1-4H3,(H,20,22). The number of hydrogen-bond acceptors (Lipinski definition) is 5. The minimum Gasteiger partial charge on any atom is -0.354 e. The van der Waals surface area contributed by atoms with Crippen LogP contribution in [0.2, 0.25) is 0 Å². The second-order valence-corrected chi connectivity index (χ2v) is 8.68. The molecule has 25 heavy (non-hydrogen) atoms. The van der Waals surface area contributed by atoms with Gasteiger partial charge in [-0.15, -0.1) is 0 Å². The molecule has 0 aliphatic heterocycles. The van der Waals surface area contributed by atoms with Crippen LogP contribution in [0.25, 0.3) is 0 Å². The molecule has 0 saturated heterocycles. The molecule has 0 aliphatic carbocycles. The summed E-state index contributed by atoms with van der Waals surface area (Å²) in [6.45, 7) is 9.44. The van der Waals surface area contributed by atoms with Gasteiger partial charge in [0.2, 0.25) is 5.91 Å². The molecule has 7 heteroatoms.